The molecule has 1 aromatic rings. The van der Waals surface area contributed by atoms with Gasteiger partial charge in [0, 0.05) is 18.6 Å². The Morgan fingerprint density at radius 2 is 1.58 bits per heavy atom. The van der Waals surface area contributed by atoms with E-state index in [1.165, 1.54) is 24.3 Å². The number of quaternary nitrogens is 1. The van der Waals surface area contributed by atoms with Crippen molar-refractivity contribution in [1.82, 2.24) is 10.6 Å². The number of aromatic hydroxyl groups is 1. The van der Waals surface area contributed by atoms with Crippen molar-refractivity contribution < 1.29 is 53.2 Å². The van der Waals surface area contributed by atoms with Gasteiger partial charge in [-0.05, 0) is 17.7 Å². The van der Waals surface area contributed by atoms with Gasteiger partial charge in [0.05, 0.1) is 16.5 Å². The van der Waals surface area contributed by atoms with Crippen molar-refractivity contribution in [2.75, 3.05) is 5.75 Å². The van der Waals surface area contributed by atoms with E-state index in [9.17, 15) is 37.3 Å². The maximum Gasteiger partial charge on any atom is 0.326 e. The van der Waals surface area contributed by atoms with E-state index in [0.717, 1.165) is 0 Å². The van der Waals surface area contributed by atoms with Crippen LogP contribution in [0.4, 0.5) is 0 Å². The third-order valence-electron chi connectivity index (χ3n) is 4.46. The van der Waals surface area contributed by atoms with E-state index in [1.54, 1.807) is 0 Å². The number of carboxylic acid groups (broad SMARTS) is 2. The Kier molecular flexibility index (Phi) is 10.6. The van der Waals surface area contributed by atoms with Gasteiger partial charge >= 0.3 is 11.9 Å². The first-order valence-corrected chi connectivity index (χ1v) is 11.6. The first kappa shape index (κ1) is 28.2. The maximum atomic E-state index is 12.7. The fourth-order valence-electron chi connectivity index (χ4n) is 2.65. The zero-order valence-corrected chi connectivity index (χ0v) is 18.9. The summed E-state index contributed by atoms with van der Waals surface area (Å²) in [6.45, 7) is 0. The van der Waals surface area contributed by atoms with E-state index in [4.69, 9.17) is 10.2 Å². The number of carbonyl (C=O) groups is 4. The maximum absolute atomic E-state index is 12.7. The van der Waals surface area contributed by atoms with Crippen LogP contribution in [0.25, 0.3) is 0 Å². The number of hydrogen-bond acceptors (Lipinski definition) is 9. The van der Waals surface area contributed by atoms with Crippen molar-refractivity contribution in [3.63, 3.8) is 0 Å². The Hall–Kier alpha value is -2.88. The lowest BCUT2D eigenvalue weighted by Gasteiger charge is -2.23. The molecule has 2 amide bonds. The Labute approximate surface area is 194 Å². The van der Waals surface area contributed by atoms with E-state index in [-0.39, 0.29) is 18.6 Å². The van der Waals surface area contributed by atoms with E-state index >= 15 is 0 Å². The van der Waals surface area contributed by atoms with Crippen molar-refractivity contribution in [1.29, 1.82) is 0 Å². The molecule has 0 unspecified atom stereocenters. The molecular formula is C18H25N3O10S2. The van der Waals surface area contributed by atoms with Gasteiger partial charge in [-0.1, -0.05) is 12.1 Å². The van der Waals surface area contributed by atoms with Crippen LogP contribution in [0.15, 0.2) is 24.3 Å². The lowest BCUT2D eigenvalue weighted by molar-refractivity contribution is -0.416. The number of phenolic OH excluding ortho intramolecular Hbond substituents is 1. The van der Waals surface area contributed by atoms with Gasteiger partial charge in [0.25, 0.3) is 0 Å². The molecule has 0 aliphatic carbocycles. The topological polar surface area (TPSA) is 238 Å². The molecule has 0 radical (unpaired) electrons. The normalized spacial score (nSPS) is 15.0. The summed E-state index contributed by atoms with van der Waals surface area (Å²) in [5, 5.41) is 30.6. The van der Waals surface area contributed by atoms with Gasteiger partial charge in [-0.2, -0.15) is 12.6 Å². The Bertz CT molecular complexity index is 968. The van der Waals surface area contributed by atoms with Crippen LogP contribution in [-0.2, 0) is 35.7 Å². The smallest absolute Gasteiger partial charge is 0.326 e. The van der Waals surface area contributed by atoms with Crippen LogP contribution in [0.3, 0.4) is 0 Å². The molecule has 0 heterocycles. The van der Waals surface area contributed by atoms with Crippen molar-refractivity contribution in [3.8, 4) is 5.75 Å². The zero-order valence-electron chi connectivity index (χ0n) is 17.2. The van der Waals surface area contributed by atoms with Crippen molar-refractivity contribution in [2.24, 2.45) is 0 Å². The molecule has 0 aliphatic heterocycles. The summed E-state index contributed by atoms with van der Waals surface area (Å²) in [5.41, 5.74) is 4.07. The highest BCUT2D eigenvalue weighted by atomic mass is 32.2. The van der Waals surface area contributed by atoms with Crippen LogP contribution in [0.1, 0.15) is 18.4 Å². The molecule has 0 aromatic heterocycles. The minimum atomic E-state index is -4.53. The lowest BCUT2D eigenvalue weighted by Crippen LogP contribution is -2.68. The second-order valence-corrected chi connectivity index (χ2v) is 9.26. The number of benzene rings is 1. The average Bonchev–Trinajstić information content (AvgIpc) is 2.70. The minimum Gasteiger partial charge on any atom is -0.748 e. The van der Waals surface area contributed by atoms with Gasteiger partial charge < -0.3 is 36.2 Å². The van der Waals surface area contributed by atoms with E-state index in [2.05, 4.69) is 29.0 Å². The predicted octanol–water partition coefficient (Wildman–Crippen LogP) is -2.69. The standard InChI is InChI=1S/C18H25N3O10S2/c19-11(5-6-33(29,30)31)15(32)17(26)20-12(7-9-1-3-10(22)4-2-9)16(25)21-13(18(27)28)8-14(23)24/h1-4,11-13,15,22,32H,5-8,19H2,(H,20,26)(H,21,25)(H,23,24)(H,27,28)(H,29,30,31)/t11-,12+,13+,15-/m1/s1. The molecule has 184 valence electrons. The summed E-state index contributed by atoms with van der Waals surface area (Å²) in [4.78, 5) is 47.4. The number of nitrogens with one attached hydrogen (secondary N) is 2. The molecule has 0 saturated carbocycles. The minimum absolute atomic E-state index is 0.0557. The van der Waals surface area contributed by atoms with E-state index < -0.39 is 69.4 Å². The molecule has 33 heavy (non-hydrogen) atoms. The number of carboxylic acids is 2. The van der Waals surface area contributed by atoms with Gasteiger partial charge in [0.15, 0.2) is 0 Å². The molecule has 8 N–H and O–H groups in total. The first-order chi connectivity index (χ1) is 15.2. The number of rotatable bonds is 13. The first-order valence-electron chi connectivity index (χ1n) is 9.47. The molecule has 4 atom stereocenters. The Morgan fingerprint density at radius 3 is 2.06 bits per heavy atom. The van der Waals surface area contributed by atoms with Crippen LogP contribution < -0.4 is 16.4 Å². The Morgan fingerprint density at radius 1 is 1.03 bits per heavy atom. The number of carbonyl (C=O) groups excluding carboxylic acids is 2. The molecule has 13 nitrogen and oxygen atoms in total. The van der Waals surface area contributed by atoms with Crippen LogP contribution in [-0.4, -0.2) is 81.2 Å². The fraction of sp³-hybridized carbons (Fsp3) is 0.444. The van der Waals surface area contributed by atoms with Crippen molar-refractivity contribution >= 4 is 46.5 Å². The fourth-order valence-corrected chi connectivity index (χ4v) is 3.46. The van der Waals surface area contributed by atoms with Crippen molar-refractivity contribution in [2.45, 2.75) is 42.6 Å². The van der Waals surface area contributed by atoms with Gasteiger partial charge in [-0.25, -0.2) is 13.2 Å². The molecule has 0 bridgehead atoms. The number of hydrogen-bond donors (Lipinski definition) is 7. The van der Waals surface area contributed by atoms with Crippen LogP contribution >= 0.6 is 12.6 Å². The van der Waals surface area contributed by atoms with Crippen LogP contribution in [0, 0.1) is 0 Å². The quantitative estimate of drug-likeness (QED) is 0.108. The second-order valence-electron chi connectivity index (χ2n) is 7.18. The lowest BCUT2D eigenvalue weighted by atomic mass is 10.0. The highest BCUT2D eigenvalue weighted by molar-refractivity contribution is 7.85. The summed E-state index contributed by atoms with van der Waals surface area (Å²) >= 11 is 4.07. The van der Waals surface area contributed by atoms with E-state index in [0.29, 0.717) is 5.56 Å². The van der Waals surface area contributed by atoms with Crippen LogP contribution in [0.2, 0.25) is 0 Å². The molecular weight excluding hydrogens is 482 g/mol. The molecule has 1 aromatic carbocycles. The van der Waals surface area contributed by atoms with E-state index in [1.807, 2.05) is 0 Å². The zero-order chi connectivity index (χ0) is 25.3. The largest absolute Gasteiger partial charge is 0.748 e. The molecule has 15 heteroatoms. The van der Waals surface area contributed by atoms with Gasteiger partial charge in [-0.15, -0.1) is 0 Å². The van der Waals surface area contributed by atoms with Crippen LogP contribution in [0.5, 0.6) is 5.75 Å². The summed E-state index contributed by atoms with van der Waals surface area (Å²) in [7, 11) is -4.53. The SMILES string of the molecule is [NH3+][C@H](CCS(=O)(=O)[O-])[C@@H](S)C(=O)N[C@@H](Cc1ccc(O)cc1)C(=O)N[C@@H](CC(=O)O)C(=O)O. The highest BCUT2D eigenvalue weighted by Gasteiger charge is 2.32. The summed E-state index contributed by atoms with van der Waals surface area (Å²) in [6, 6.07) is 1.52. The Balaban J connectivity index is 3.02. The number of thiol groups is 1. The highest BCUT2D eigenvalue weighted by Crippen LogP contribution is 2.13. The molecule has 0 aliphatic rings. The second kappa shape index (κ2) is 12.4. The molecule has 0 spiro atoms. The summed E-state index contributed by atoms with van der Waals surface area (Å²) in [5.74, 6) is -5.72. The average molecular weight is 508 g/mol. The number of aliphatic carboxylic acids is 2. The van der Waals surface area contributed by atoms with Crippen molar-refractivity contribution in [3.05, 3.63) is 29.8 Å². The molecule has 0 fully saturated rings. The summed E-state index contributed by atoms with van der Waals surface area (Å²) in [6.07, 6.45) is -1.32. The monoisotopic (exact) mass is 507 g/mol. The van der Waals surface area contributed by atoms with Gasteiger partial charge in [0.2, 0.25) is 11.8 Å². The molecule has 0 saturated heterocycles. The third-order valence-corrected chi connectivity index (χ3v) is 5.85. The predicted molar refractivity (Wildman–Crippen MR) is 114 cm³/mol. The third kappa shape index (κ3) is 10.5. The number of amides is 2. The van der Waals surface area contributed by atoms with Gasteiger partial charge in [0.1, 0.15) is 29.1 Å². The number of phenols is 1. The molecule has 1 rings (SSSR count). The summed E-state index contributed by atoms with van der Waals surface area (Å²) < 4.78 is 32.4. The van der Waals surface area contributed by atoms with Gasteiger partial charge in [-0.3, -0.25) is 14.4 Å².